The summed E-state index contributed by atoms with van der Waals surface area (Å²) in [5.41, 5.74) is 6.17. The van der Waals surface area contributed by atoms with Gasteiger partial charge in [-0.1, -0.05) is 19.3 Å². The van der Waals surface area contributed by atoms with Gasteiger partial charge >= 0.3 is 0 Å². The number of nitrogens with zero attached hydrogens (tertiary/aromatic N) is 2. The van der Waals surface area contributed by atoms with Crippen molar-refractivity contribution < 1.29 is 9.53 Å². The Kier molecular flexibility index (Phi) is 5.99. The number of hydrogen-bond acceptors (Lipinski definition) is 4. The van der Waals surface area contributed by atoms with E-state index in [-0.39, 0.29) is 5.91 Å². The van der Waals surface area contributed by atoms with E-state index in [1.54, 1.807) is 25.4 Å². The van der Waals surface area contributed by atoms with E-state index in [1.807, 2.05) is 4.90 Å². The Morgan fingerprint density at radius 2 is 2.19 bits per heavy atom. The van der Waals surface area contributed by atoms with Gasteiger partial charge in [-0.15, -0.1) is 0 Å². The summed E-state index contributed by atoms with van der Waals surface area (Å²) in [5, 5.41) is 0. The number of aromatic nitrogens is 1. The quantitative estimate of drug-likeness (QED) is 0.872. The fourth-order valence-electron chi connectivity index (χ4n) is 2.98. The molecule has 1 amide bonds. The molecule has 0 bridgehead atoms. The van der Waals surface area contributed by atoms with Gasteiger partial charge in [-0.2, -0.15) is 0 Å². The van der Waals surface area contributed by atoms with Crippen LogP contribution in [0.4, 0.5) is 0 Å². The van der Waals surface area contributed by atoms with Crippen molar-refractivity contribution in [1.82, 2.24) is 9.88 Å². The van der Waals surface area contributed by atoms with Crippen LogP contribution < -0.4 is 10.5 Å². The molecule has 116 valence electrons. The summed E-state index contributed by atoms with van der Waals surface area (Å²) in [6.07, 6.45) is 8.29. The molecular formula is C16H25N3O2. The van der Waals surface area contributed by atoms with E-state index >= 15 is 0 Å². The van der Waals surface area contributed by atoms with Crippen LogP contribution >= 0.6 is 0 Å². The highest BCUT2D eigenvalue weighted by Crippen LogP contribution is 2.26. The largest absolute Gasteiger partial charge is 0.480 e. The van der Waals surface area contributed by atoms with Gasteiger partial charge < -0.3 is 15.4 Å². The smallest absolute Gasteiger partial charge is 0.259 e. The zero-order valence-corrected chi connectivity index (χ0v) is 12.8. The molecular weight excluding hydrogens is 266 g/mol. The van der Waals surface area contributed by atoms with Crippen molar-refractivity contribution in [2.24, 2.45) is 5.73 Å². The third-order valence-electron chi connectivity index (χ3n) is 4.07. The maximum Gasteiger partial charge on any atom is 0.259 e. The van der Waals surface area contributed by atoms with Gasteiger partial charge in [0.25, 0.3) is 5.91 Å². The molecule has 1 aromatic rings. The van der Waals surface area contributed by atoms with Gasteiger partial charge in [0.1, 0.15) is 5.56 Å². The lowest BCUT2D eigenvalue weighted by atomic mass is 9.93. The van der Waals surface area contributed by atoms with E-state index in [9.17, 15) is 4.79 Å². The molecule has 1 saturated carbocycles. The molecule has 1 aliphatic rings. The SMILES string of the molecule is COc1ncccc1C(=O)N(CCCN)C1CCCCC1. The van der Waals surface area contributed by atoms with Crippen LogP contribution in [0.3, 0.4) is 0 Å². The van der Waals surface area contributed by atoms with E-state index in [0.717, 1.165) is 19.3 Å². The normalized spacial score (nSPS) is 15.7. The predicted octanol–water partition coefficient (Wildman–Crippen LogP) is 2.21. The first-order valence-corrected chi connectivity index (χ1v) is 7.78. The Labute approximate surface area is 126 Å². The third kappa shape index (κ3) is 3.94. The number of pyridine rings is 1. The lowest BCUT2D eigenvalue weighted by molar-refractivity contribution is 0.0628. The molecule has 2 rings (SSSR count). The molecule has 1 aliphatic carbocycles. The molecule has 0 spiro atoms. The first-order chi connectivity index (χ1) is 10.3. The van der Waals surface area contributed by atoms with Gasteiger partial charge in [0.2, 0.25) is 5.88 Å². The van der Waals surface area contributed by atoms with Gasteiger partial charge in [-0.05, 0) is 37.9 Å². The minimum atomic E-state index is 0.0142. The Morgan fingerprint density at radius 1 is 1.43 bits per heavy atom. The van der Waals surface area contributed by atoms with Crippen LogP contribution in [0.25, 0.3) is 0 Å². The molecule has 1 aromatic heterocycles. The van der Waals surface area contributed by atoms with Crippen molar-refractivity contribution >= 4 is 5.91 Å². The summed E-state index contributed by atoms with van der Waals surface area (Å²) in [4.78, 5) is 19.0. The highest BCUT2D eigenvalue weighted by atomic mass is 16.5. The number of hydrogen-bond donors (Lipinski definition) is 1. The van der Waals surface area contributed by atoms with E-state index in [1.165, 1.54) is 19.3 Å². The van der Waals surface area contributed by atoms with Gasteiger partial charge in [0, 0.05) is 18.8 Å². The van der Waals surface area contributed by atoms with Crippen molar-refractivity contribution in [2.45, 2.75) is 44.6 Å². The number of rotatable bonds is 6. The molecule has 21 heavy (non-hydrogen) atoms. The van der Waals surface area contributed by atoms with Crippen LogP contribution in [0.15, 0.2) is 18.3 Å². The Hall–Kier alpha value is -1.62. The zero-order chi connectivity index (χ0) is 15.1. The summed E-state index contributed by atoms with van der Waals surface area (Å²) >= 11 is 0. The van der Waals surface area contributed by atoms with Crippen LogP contribution in [0.5, 0.6) is 5.88 Å². The molecule has 5 heteroatoms. The van der Waals surface area contributed by atoms with Crippen LogP contribution in [-0.2, 0) is 0 Å². The van der Waals surface area contributed by atoms with Crippen LogP contribution in [0.1, 0.15) is 48.9 Å². The number of carbonyl (C=O) groups is 1. The summed E-state index contributed by atoms with van der Waals surface area (Å²) < 4.78 is 5.23. The molecule has 2 N–H and O–H groups in total. The average molecular weight is 291 g/mol. The number of amides is 1. The van der Waals surface area contributed by atoms with Crippen molar-refractivity contribution in [3.63, 3.8) is 0 Å². The first kappa shape index (κ1) is 15.8. The lowest BCUT2D eigenvalue weighted by Gasteiger charge is -2.34. The fourth-order valence-corrected chi connectivity index (χ4v) is 2.98. The molecule has 1 heterocycles. The maximum atomic E-state index is 12.9. The second-order valence-corrected chi connectivity index (χ2v) is 5.49. The first-order valence-electron chi connectivity index (χ1n) is 7.78. The topological polar surface area (TPSA) is 68.5 Å². The van der Waals surface area contributed by atoms with Gasteiger partial charge in [0.05, 0.1) is 7.11 Å². The van der Waals surface area contributed by atoms with Crippen LogP contribution in [-0.4, -0.2) is 42.0 Å². The minimum absolute atomic E-state index is 0.0142. The Morgan fingerprint density at radius 3 is 2.86 bits per heavy atom. The van der Waals surface area contributed by atoms with Gasteiger partial charge in [-0.25, -0.2) is 4.98 Å². The highest BCUT2D eigenvalue weighted by molar-refractivity contribution is 5.96. The molecule has 0 aromatic carbocycles. The molecule has 0 saturated heterocycles. The molecule has 1 fully saturated rings. The number of methoxy groups -OCH3 is 1. The number of ether oxygens (including phenoxy) is 1. The average Bonchev–Trinajstić information content (AvgIpc) is 2.56. The standard InChI is InChI=1S/C16H25N3O2/c1-21-15-14(9-5-11-18-15)16(20)19(12-6-10-17)13-7-3-2-4-8-13/h5,9,11,13H,2-4,6-8,10,12,17H2,1H3. The van der Waals surface area contributed by atoms with E-state index in [0.29, 0.717) is 30.6 Å². The predicted molar refractivity (Wildman–Crippen MR) is 82.4 cm³/mol. The monoisotopic (exact) mass is 291 g/mol. The Bertz CT molecular complexity index is 459. The maximum absolute atomic E-state index is 12.9. The summed E-state index contributed by atoms with van der Waals surface area (Å²) in [5.74, 6) is 0.413. The minimum Gasteiger partial charge on any atom is -0.480 e. The van der Waals surface area contributed by atoms with Crippen LogP contribution in [0, 0.1) is 0 Å². The number of carbonyl (C=O) groups excluding carboxylic acids is 1. The molecule has 0 radical (unpaired) electrons. The highest BCUT2D eigenvalue weighted by Gasteiger charge is 2.27. The van der Waals surface area contributed by atoms with Crippen LogP contribution in [0.2, 0.25) is 0 Å². The summed E-state index contributed by atoms with van der Waals surface area (Å²) in [6.45, 7) is 1.30. The van der Waals surface area contributed by atoms with E-state index in [4.69, 9.17) is 10.5 Å². The summed E-state index contributed by atoms with van der Waals surface area (Å²) in [6, 6.07) is 3.88. The second kappa shape index (κ2) is 7.98. The summed E-state index contributed by atoms with van der Waals surface area (Å²) in [7, 11) is 1.55. The lowest BCUT2D eigenvalue weighted by Crippen LogP contribution is -2.42. The molecule has 0 unspecified atom stereocenters. The number of nitrogens with two attached hydrogens (primary N) is 1. The van der Waals surface area contributed by atoms with Crippen molar-refractivity contribution in [3.8, 4) is 5.88 Å². The van der Waals surface area contributed by atoms with Crippen molar-refractivity contribution in [2.75, 3.05) is 20.2 Å². The zero-order valence-electron chi connectivity index (χ0n) is 12.8. The second-order valence-electron chi connectivity index (χ2n) is 5.49. The van der Waals surface area contributed by atoms with Gasteiger partial charge in [0.15, 0.2) is 0 Å². The van der Waals surface area contributed by atoms with Gasteiger partial charge in [-0.3, -0.25) is 4.79 Å². The fraction of sp³-hybridized carbons (Fsp3) is 0.625. The molecule has 5 nitrogen and oxygen atoms in total. The molecule has 0 aliphatic heterocycles. The van der Waals surface area contributed by atoms with Crippen molar-refractivity contribution in [3.05, 3.63) is 23.9 Å². The Balaban J connectivity index is 2.20. The van der Waals surface area contributed by atoms with Crippen molar-refractivity contribution in [1.29, 1.82) is 0 Å². The van der Waals surface area contributed by atoms with E-state index in [2.05, 4.69) is 4.98 Å². The van der Waals surface area contributed by atoms with E-state index < -0.39 is 0 Å². The third-order valence-corrected chi connectivity index (χ3v) is 4.07. The molecule has 0 atom stereocenters.